The van der Waals surface area contributed by atoms with Crippen LogP contribution >= 0.6 is 0 Å². The zero-order chi connectivity index (χ0) is 7.44. The van der Waals surface area contributed by atoms with Gasteiger partial charge in [0.2, 0.25) is 5.91 Å². The number of carbonyl (C=O) groups is 1. The minimum absolute atomic E-state index is 0.221. The van der Waals surface area contributed by atoms with E-state index in [0.29, 0.717) is 0 Å². The second-order valence-corrected chi connectivity index (χ2v) is 5.21. The van der Waals surface area contributed by atoms with Gasteiger partial charge in [0.1, 0.15) is 8.96 Å². The summed E-state index contributed by atoms with van der Waals surface area (Å²) in [5, 5.41) is 0. The lowest BCUT2D eigenvalue weighted by Gasteiger charge is -2.22. The first kappa shape index (κ1) is 8.69. The lowest BCUT2D eigenvalue weighted by Crippen LogP contribution is -2.38. The topological polar surface area (TPSA) is 20.3 Å². The summed E-state index contributed by atoms with van der Waals surface area (Å²) < 4.78 is 1.96. The van der Waals surface area contributed by atoms with Crippen LogP contribution in [0, 0.1) is 0 Å². The summed E-state index contributed by atoms with van der Waals surface area (Å²) in [7, 11) is -0.860. The highest BCUT2D eigenvalue weighted by molar-refractivity contribution is 6.55. The number of hydrogen-bond acceptors (Lipinski definition) is 1. The second kappa shape index (κ2) is 3.66. The van der Waals surface area contributed by atoms with E-state index in [4.69, 9.17) is 0 Å². The second-order valence-electron chi connectivity index (χ2n) is 2.40. The highest BCUT2D eigenvalue weighted by Gasteiger charge is 2.09. The van der Waals surface area contributed by atoms with Gasteiger partial charge in [-0.25, -0.2) is 0 Å². The van der Waals surface area contributed by atoms with Crippen LogP contribution in [0.25, 0.3) is 0 Å². The molecule has 0 bridgehead atoms. The first-order valence-corrected chi connectivity index (χ1v) is 6.19. The maximum absolute atomic E-state index is 10.8. The quantitative estimate of drug-likeness (QED) is 0.527. The van der Waals surface area contributed by atoms with Crippen molar-refractivity contribution >= 4 is 14.9 Å². The van der Waals surface area contributed by atoms with Gasteiger partial charge in [-0.1, -0.05) is 13.1 Å². The van der Waals surface area contributed by atoms with E-state index >= 15 is 0 Å². The monoisotopic (exact) mass is 145 g/mol. The molecule has 0 heterocycles. The van der Waals surface area contributed by atoms with Crippen molar-refractivity contribution in [2.45, 2.75) is 26.9 Å². The summed E-state index contributed by atoms with van der Waals surface area (Å²) >= 11 is 0. The van der Waals surface area contributed by atoms with Gasteiger partial charge in [0.15, 0.2) is 0 Å². The molecule has 0 atom stereocenters. The average Bonchev–Trinajstić information content (AvgIpc) is 1.64. The lowest BCUT2D eigenvalue weighted by atomic mass is 10.6. The smallest absolute Gasteiger partial charge is 0.211 e. The number of carbonyl (C=O) groups excluding carboxylic acids is 1. The van der Waals surface area contributed by atoms with E-state index in [9.17, 15) is 4.79 Å². The summed E-state index contributed by atoms with van der Waals surface area (Å²) in [5.74, 6) is 0.221. The molecule has 0 aromatic carbocycles. The van der Waals surface area contributed by atoms with Crippen LogP contribution in [0.1, 0.15) is 13.8 Å². The molecule has 0 aliphatic rings. The summed E-state index contributed by atoms with van der Waals surface area (Å²) in [4.78, 5) is 10.8. The third-order valence-electron chi connectivity index (χ3n) is 1.37. The van der Waals surface area contributed by atoms with Gasteiger partial charge < -0.3 is 4.57 Å². The van der Waals surface area contributed by atoms with Crippen molar-refractivity contribution in [1.29, 1.82) is 0 Å². The molecule has 9 heavy (non-hydrogen) atoms. The highest BCUT2D eigenvalue weighted by Crippen LogP contribution is 1.93. The first-order valence-electron chi connectivity index (χ1n) is 3.36. The van der Waals surface area contributed by atoms with Crippen LogP contribution in [0.15, 0.2) is 0 Å². The maximum Gasteiger partial charge on any atom is 0.211 e. The van der Waals surface area contributed by atoms with Crippen molar-refractivity contribution in [2.75, 3.05) is 6.54 Å². The highest BCUT2D eigenvalue weighted by atomic mass is 28.3. The number of nitrogens with zero attached hydrogens (tertiary/aromatic N) is 1. The molecule has 0 rings (SSSR count). The Hall–Kier alpha value is -0.313. The average molecular weight is 145 g/mol. The predicted molar refractivity (Wildman–Crippen MR) is 41.9 cm³/mol. The standard InChI is InChI=1S/C6H15NOSi/c1-5-7(6(2)8)9(3)4/h9H,5H2,1-4H3. The summed E-state index contributed by atoms with van der Waals surface area (Å²) in [5.41, 5.74) is 0. The number of rotatable bonds is 2. The summed E-state index contributed by atoms with van der Waals surface area (Å²) in [6, 6.07) is 0. The molecule has 0 spiro atoms. The summed E-state index contributed by atoms with van der Waals surface area (Å²) in [6.45, 7) is 8.85. The maximum atomic E-state index is 10.8. The molecule has 0 radical (unpaired) electrons. The molecule has 0 aliphatic carbocycles. The summed E-state index contributed by atoms with van der Waals surface area (Å²) in [6.07, 6.45) is 0. The molecule has 0 aliphatic heterocycles. The molecular formula is C6H15NOSi. The van der Waals surface area contributed by atoms with Gasteiger partial charge in [-0.15, -0.1) is 0 Å². The van der Waals surface area contributed by atoms with Gasteiger partial charge in [-0.2, -0.15) is 0 Å². The Morgan fingerprint density at radius 3 is 2.00 bits per heavy atom. The Bertz CT molecular complexity index is 103. The van der Waals surface area contributed by atoms with E-state index < -0.39 is 8.96 Å². The van der Waals surface area contributed by atoms with Crippen molar-refractivity contribution in [1.82, 2.24) is 4.57 Å². The van der Waals surface area contributed by atoms with Crippen LogP contribution in [-0.2, 0) is 4.79 Å². The van der Waals surface area contributed by atoms with Gasteiger partial charge in [-0.05, 0) is 6.92 Å². The van der Waals surface area contributed by atoms with Crippen LogP contribution in [0.5, 0.6) is 0 Å². The molecule has 1 amide bonds. The van der Waals surface area contributed by atoms with Crippen LogP contribution < -0.4 is 0 Å². The fraction of sp³-hybridized carbons (Fsp3) is 0.833. The molecule has 0 unspecified atom stereocenters. The van der Waals surface area contributed by atoms with E-state index in [1.807, 2.05) is 11.5 Å². The van der Waals surface area contributed by atoms with Gasteiger partial charge in [-0.3, -0.25) is 4.79 Å². The molecular weight excluding hydrogens is 130 g/mol. The van der Waals surface area contributed by atoms with Gasteiger partial charge in [0.25, 0.3) is 0 Å². The van der Waals surface area contributed by atoms with Crippen molar-refractivity contribution in [2.24, 2.45) is 0 Å². The third kappa shape index (κ3) is 2.65. The fourth-order valence-corrected chi connectivity index (χ4v) is 2.41. The van der Waals surface area contributed by atoms with E-state index in [-0.39, 0.29) is 5.91 Å². The molecule has 0 fully saturated rings. The Morgan fingerprint density at radius 1 is 1.56 bits per heavy atom. The lowest BCUT2D eigenvalue weighted by molar-refractivity contribution is -0.124. The molecule has 0 aromatic heterocycles. The van der Waals surface area contributed by atoms with E-state index in [1.165, 1.54) is 0 Å². The number of amides is 1. The zero-order valence-corrected chi connectivity index (χ0v) is 7.79. The van der Waals surface area contributed by atoms with Crippen LogP contribution in [0.2, 0.25) is 13.1 Å². The zero-order valence-electron chi connectivity index (χ0n) is 6.64. The SMILES string of the molecule is CCN(C(C)=O)[SiH](C)C. The minimum atomic E-state index is -0.860. The predicted octanol–water partition coefficient (Wildman–Crippen LogP) is 0.838. The van der Waals surface area contributed by atoms with E-state index in [1.54, 1.807) is 6.92 Å². The van der Waals surface area contributed by atoms with Crippen LogP contribution in [0.3, 0.4) is 0 Å². The van der Waals surface area contributed by atoms with E-state index in [2.05, 4.69) is 13.1 Å². The Balaban J connectivity index is 3.83. The Morgan fingerprint density at radius 2 is 2.00 bits per heavy atom. The molecule has 0 aromatic rings. The van der Waals surface area contributed by atoms with Crippen molar-refractivity contribution < 1.29 is 4.79 Å². The Kier molecular flexibility index (Phi) is 3.54. The van der Waals surface area contributed by atoms with Crippen molar-refractivity contribution in [3.05, 3.63) is 0 Å². The van der Waals surface area contributed by atoms with Gasteiger partial charge in [0, 0.05) is 13.5 Å². The van der Waals surface area contributed by atoms with Crippen molar-refractivity contribution in [3.63, 3.8) is 0 Å². The van der Waals surface area contributed by atoms with Crippen molar-refractivity contribution in [3.8, 4) is 0 Å². The van der Waals surface area contributed by atoms with Crippen LogP contribution in [0.4, 0.5) is 0 Å². The molecule has 2 nitrogen and oxygen atoms in total. The third-order valence-corrected chi connectivity index (χ3v) is 3.34. The number of hydrogen-bond donors (Lipinski definition) is 0. The Labute approximate surface area is 58.5 Å². The normalized spacial score (nSPS) is 9.89. The minimum Gasteiger partial charge on any atom is -0.373 e. The fourth-order valence-electron chi connectivity index (χ4n) is 0.951. The molecule has 3 heteroatoms. The molecule has 0 N–H and O–H groups in total. The van der Waals surface area contributed by atoms with Gasteiger partial charge >= 0.3 is 0 Å². The molecule has 0 saturated carbocycles. The molecule has 0 saturated heterocycles. The largest absolute Gasteiger partial charge is 0.373 e. The first-order chi connectivity index (χ1) is 4.09. The molecule has 54 valence electrons. The van der Waals surface area contributed by atoms with Gasteiger partial charge in [0.05, 0.1) is 0 Å². The van der Waals surface area contributed by atoms with Crippen LogP contribution in [-0.4, -0.2) is 26.0 Å². The van der Waals surface area contributed by atoms with E-state index in [0.717, 1.165) is 6.54 Å².